The SMILES string of the molecule is CCCC1(CCC)CC(CCC)(c2ccc(N)cc2)c2ccc(N)cc21. The molecule has 0 amide bonds. The molecule has 1 aliphatic carbocycles. The molecule has 0 bridgehead atoms. The number of hydrogen-bond acceptors (Lipinski definition) is 2. The second kappa shape index (κ2) is 7.34. The van der Waals surface area contributed by atoms with Gasteiger partial charge in [-0.3, -0.25) is 0 Å². The van der Waals surface area contributed by atoms with Gasteiger partial charge in [0.15, 0.2) is 0 Å². The number of nitrogen functional groups attached to an aromatic ring is 2. The van der Waals surface area contributed by atoms with E-state index in [2.05, 4.69) is 63.2 Å². The van der Waals surface area contributed by atoms with Gasteiger partial charge in [-0.25, -0.2) is 0 Å². The molecular formula is C24H34N2. The van der Waals surface area contributed by atoms with E-state index in [1.165, 1.54) is 61.6 Å². The Labute approximate surface area is 159 Å². The van der Waals surface area contributed by atoms with Gasteiger partial charge in [-0.15, -0.1) is 0 Å². The summed E-state index contributed by atoms with van der Waals surface area (Å²) in [4.78, 5) is 0. The summed E-state index contributed by atoms with van der Waals surface area (Å²) >= 11 is 0. The number of fused-ring (bicyclic) bond motifs is 1. The minimum Gasteiger partial charge on any atom is -0.399 e. The van der Waals surface area contributed by atoms with Crippen LogP contribution in [0.25, 0.3) is 0 Å². The molecule has 2 aromatic rings. The van der Waals surface area contributed by atoms with Crippen LogP contribution in [-0.2, 0) is 10.8 Å². The summed E-state index contributed by atoms with van der Waals surface area (Å²) in [6.07, 6.45) is 8.41. The zero-order valence-electron chi connectivity index (χ0n) is 16.6. The summed E-state index contributed by atoms with van der Waals surface area (Å²) in [5.41, 5.74) is 18.7. The molecular weight excluding hydrogens is 316 g/mol. The first-order valence-electron chi connectivity index (χ1n) is 10.3. The molecule has 0 fully saturated rings. The highest BCUT2D eigenvalue weighted by Gasteiger charge is 2.51. The van der Waals surface area contributed by atoms with Crippen LogP contribution >= 0.6 is 0 Å². The van der Waals surface area contributed by atoms with Crippen LogP contribution in [0, 0.1) is 0 Å². The standard InChI is InChI=1S/C24H34N2/c1-4-13-23(14-5-2)17-24(15-6-3,18-7-9-19(25)10-8-18)21-12-11-20(26)16-22(21)23/h7-12,16H,4-6,13-15,17,25-26H2,1-3H3. The predicted octanol–water partition coefficient (Wildman–Crippen LogP) is 6.18. The van der Waals surface area contributed by atoms with E-state index in [1.54, 1.807) is 0 Å². The Morgan fingerprint density at radius 2 is 1.31 bits per heavy atom. The van der Waals surface area contributed by atoms with E-state index >= 15 is 0 Å². The predicted molar refractivity (Wildman–Crippen MR) is 114 cm³/mol. The highest BCUT2D eigenvalue weighted by Crippen LogP contribution is 2.59. The van der Waals surface area contributed by atoms with Crippen molar-refractivity contribution in [1.82, 2.24) is 0 Å². The Balaban J connectivity index is 2.25. The lowest BCUT2D eigenvalue weighted by molar-refractivity contribution is 0.294. The van der Waals surface area contributed by atoms with Gasteiger partial charge in [-0.2, -0.15) is 0 Å². The fourth-order valence-electron chi connectivity index (χ4n) is 5.57. The Morgan fingerprint density at radius 3 is 1.88 bits per heavy atom. The molecule has 2 heteroatoms. The van der Waals surface area contributed by atoms with Crippen LogP contribution in [0.4, 0.5) is 11.4 Å². The highest BCUT2D eigenvalue weighted by molar-refractivity contribution is 5.59. The van der Waals surface area contributed by atoms with Crippen molar-refractivity contribution in [3.05, 3.63) is 59.2 Å². The third-order valence-electron chi connectivity index (χ3n) is 6.37. The van der Waals surface area contributed by atoms with Crippen molar-refractivity contribution < 1.29 is 0 Å². The molecule has 2 nitrogen and oxygen atoms in total. The van der Waals surface area contributed by atoms with Gasteiger partial charge in [-0.05, 0) is 72.1 Å². The molecule has 2 aromatic carbocycles. The summed E-state index contributed by atoms with van der Waals surface area (Å²) < 4.78 is 0. The van der Waals surface area contributed by atoms with Crippen LogP contribution in [-0.4, -0.2) is 0 Å². The molecule has 0 aromatic heterocycles. The van der Waals surface area contributed by atoms with Gasteiger partial charge in [0.25, 0.3) is 0 Å². The van der Waals surface area contributed by atoms with Gasteiger partial charge in [0.1, 0.15) is 0 Å². The Bertz CT molecular complexity index is 741. The van der Waals surface area contributed by atoms with Crippen molar-refractivity contribution >= 4 is 11.4 Å². The second-order valence-electron chi connectivity index (χ2n) is 8.22. The zero-order valence-corrected chi connectivity index (χ0v) is 16.6. The fourth-order valence-corrected chi connectivity index (χ4v) is 5.57. The maximum atomic E-state index is 6.25. The average molecular weight is 351 g/mol. The largest absolute Gasteiger partial charge is 0.399 e. The van der Waals surface area contributed by atoms with Crippen LogP contribution in [0.5, 0.6) is 0 Å². The van der Waals surface area contributed by atoms with Crippen molar-refractivity contribution in [2.75, 3.05) is 11.5 Å². The van der Waals surface area contributed by atoms with E-state index in [0.717, 1.165) is 11.4 Å². The van der Waals surface area contributed by atoms with Gasteiger partial charge in [0.2, 0.25) is 0 Å². The van der Waals surface area contributed by atoms with Crippen molar-refractivity contribution in [2.24, 2.45) is 0 Å². The van der Waals surface area contributed by atoms with Crippen molar-refractivity contribution in [3.63, 3.8) is 0 Å². The lowest BCUT2D eigenvalue weighted by atomic mass is 9.67. The fraction of sp³-hybridized carbons (Fsp3) is 0.500. The van der Waals surface area contributed by atoms with Crippen molar-refractivity contribution in [1.29, 1.82) is 0 Å². The topological polar surface area (TPSA) is 52.0 Å². The summed E-state index contributed by atoms with van der Waals surface area (Å²) in [5, 5.41) is 0. The number of nitrogens with two attached hydrogens (primary N) is 2. The van der Waals surface area contributed by atoms with E-state index in [1.807, 2.05) is 0 Å². The maximum absolute atomic E-state index is 6.25. The Morgan fingerprint density at radius 1 is 0.731 bits per heavy atom. The molecule has 1 atom stereocenters. The molecule has 0 radical (unpaired) electrons. The minimum absolute atomic E-state index is 0.0792. The molecule has 4 N–H and O–H groups in total. The van der Waals surface area contributed by atoms with Crippen LogP contribution in [0.3, 0.4) is 0 Å². The third-order valence-corrected chi connectivity index (χ3v) is 6.37. The average Bonchev–Trinajstić information content (AvgIpc) is 2.87. The maximum Gasteiger partial charge on any atom is 0.0317 e. The van der Waals surface area contributed by atoms with Crippen LogP contribution in [0.1, 0.15) is 82.4 Å². The van der Waals surface area contributed by atoms with Crippen LogP contribution in [0.2, 0.25) is 0 Å². The normalized spacial score (nSPS) is 20.9. The van der Waals surface area contributed by atoms with E-state index < -0.39 is 0 Å². The van der Waals surface area contributed by atoms with Gasteiger partial charge in [-0.1, -0.05) is 58.2 Å². The Kier molecular flexibility index (Phi) is 5.32. The number of hydrogen-bond donors (Lipinski definition) is 2. The molecule has 1 unspecified atom stereocenters. The van der Waals surface area contributed by atoms with Gasteiger partial charge in [0.05, 0.1) is 0 Å². The molecule has 0 saturated heterocycles. The first-order valence-corrected chi connectivity index (χ1v) is 10.3. The quantitative estimate of drug-likeness (QED) is 0.586. The molecule has 1 aliphatic rings. The van der Waals surface area contributed by atoms with Crippen LogP contribution in [0.15, 0.2) is 42.5 Å². The zero-order chi connectivity index (χ0) is 18.8. The molecule has 26 heavy (non-hydrogen) atoms. The lowest BCUT2D eigenvalue weighted by Gasteiger charge is -2.36. The molecule has 0 aliphatic heterocycles. The van der Waals surface area contributed by atoms with Crippen molar-refractivity contribution in [2.45, 2.75) is 76.5 Å². The third kappa shape index (κ3) is 3.00. The van der Waals surface area contributed by atoms with Gasteiger partial charge < -0.3 is 11.5 Å². The number of rotatable bonds is 7. The summed E-state index contributed by atoms with van der Waals surface area (Å²) in [6, 6.07) is 15.3. The summed E-state index contributed by atoms with van der Waals surface area (Å²) in [7, 11) is 0. The van der Waals surface area contributed by atoms with E-state index in [-0.39, 0.29) is 10.8 Å². The molecule has 0 spiro atoms. The first kappa shape index (κ1) is 18.8. The smallest absolute Gasteiger partial charge is 0.0317 e. The lowest BCUT2D eigenvalue weighted by Crippen LogP contribution is -2.30. The summed E-state index contributed by atoms with van der Waals surface area (Å²) in [5.74, 6) is 0. The van der Waals surface area contributed by atoms with Crippen molar-refractivity contribution in [3.8, 4) is 0 Å². The van der Waals surface area contributed by atoms with Gasteiger partial charge in [0, 0.05) is 16.8 Å². The van der Waals surface area contributed by atoms with E-state index in [0.29, 0.717) is 0 Å². The minimum atomic E-state index is 0.0792. The Hall–Kier alpha value is -1.96. The van der Waals surface area contributed by atoms with E-state index in [4.69, 9.17) is 11.5 Å². The molecule has 0 heterocycles. The van der Waals surface area contributed by atoms with Gasteiger partial charge >= 0.3 is 0 Å². The molecule has 140 valence electrons. The second-order valence-corrected chi connectivity index (χ2v) is 8.22. The number of anilines is 2. The summed E-state index contributed by atoms with van der Waals surface area (Å²) in [6.45, 7) is 6.93. The molecule has 0 saturated carbocycles. The highest BCUT2D eigenvalue weighted by atomic mass is 14.6. The number of benzene rings is 2. The van der Waals surface area contributed by atoms with E-state index in [9.17, 15) is 0 Å². The molecule has 3 rings (SSSR count). The monoisotopic (exact) mass is 350 g/mol. The first-order chi connectivity index (χ1) is 12.5. The van der Waals surface area contributed by atoms with Crippen LogP contribution < -0.4 is 11.5 Å².